The highest BCUT2D eigenvalue weighted by Crippen LogP contribution is 2.15. The van der Waals surface area contributed by atoms with Crippen molar-refractivity contribution in [3.63, 3.8) is 0 Å². The SMILES string of the molecule is C=C(C)CNc1cnn(C)c(=O)c1Br. The van der Waals surface area contributed by atoms with Crippen molar-refractivity contribution in [2.75, 3.05) is 11.9 Å². The van der Waals surface area contributed by atoms with Gasteiger partial charge in [0.1, 0.15) is 4.47 Å². The molecular formula is C9H12BrN3O. The molecule has 1 N–H and O–H groups in total. The highest BCUT2D eigenvalue weighted by Gasteiger charge is 2.05. The summed E-state index contributed by atoms with van der Waals surface area (Å²) in [6, 6.07) is 0. The molecule has 1 aromatic heterocycles. The van der Waals surface area contributed by atoms with Crippen LogP contribution in [-0.4, -0.2) is 16.3 Å². The molecule has 0 aliphatic heterocycles. The summed E-state index contributed by atoms with van der Waals surface area (Å²) in [7, 11) is 1.61. The van der Waals surface area contributed by atoms with E-state index in [0.29, 0.717) is 16.7 Å². The van der Waals surface area contributed by atoms with Gasteiger partial charge in [-0.05, 0) is 22.9 Å². The first kappa shape index (κ1) is 11.0. The van der Waals surface area contributed by atoms with Gasteiger partial charge in [0.15, 0.2) is 0 Å². The molecule has 0 aromatic carbocycles. The van der Waals surface area contributed by atoms with E-state index in [2.05, 4.69) is 32.9 Å². The molecule has 5 heteroatoms. The maximum atomic E-state index is 11.4. The number of aryl methyl sites for hydroxylation is 1. The van der Waals surface area contributed by atoms with Crippen molar-refractivity contribution in [1.29, 1.82) is 0 Å². The number of nitrogens with one attached hydrogen (secondary N) is 1. The van der Waals surface area contributed by atoms with Crippen molar-refractivity contribution in [2.24, 2.45) is 7.05 Å². The molecule has 0 aliphatic carbocycles. The molecule has 0 amide bonds. The van der Waals surface area contributed by atoms with Gasteiger partial charge in [0.25, 0.3) is 5.56 Å². The number of nitrogens with zero attached hydrogens (tertiary/aromatic N) is 2. The number of hydrogen-bond donors (Lipinski definition) is 1. The second-order valence-corrected chi connectivity index (χ2v) is 3.90. The maximum absolute atomic E-state index is 11.4. The molecule has 0 radical (unpaired) electrons. The summed E-state index contributed by atoms with van der Waals surface area (Å²) in [5, 5.41) is 6.96. The largest absolute Gasteiger partial charge is 0.379 e. The Balaban J connectivity index is 2.94. The molecule has 0 fully saturated rings. The summed E-state index contributed by atoms with van der Waals surface area (Å²) >= 11 is 3.22. The zero-order valence-corrected chi connectivity index (χ0v) is 9.76. The van der Waals surface area contributed by atoms with Crippen LogP contribution in [0.4, 0.5) is 5.69 Å². The van der Waals surface area contributed by atoms with E-state index in [1.165, 1.54) is 4.68 Å². The van der Waals surface area contributed by atoms with Crippen molar-refractivity contribution < 1.29 is 0 Å². The maximum Gasteiger partial charge on any atom is 0.282 e. The van der Waals surface area contributed by atoms with Crippen LogP contribution in [0.1, 0.15) is 6.92 Å². The van der Waals surface area contributed by atoms with Gasteiger partial charge in [-0.3, -0.25) is 4.79 Å². The van der Waals surface area contributed by atoms with E-state index in [-0.39, 0.29) is 5.56 Å². The first-order chi connectivity index (χ1) is 6.52. The molecule has 0 bridgehead atoms. The lowest BCUT2D eigenvalue weighted by molar-refractivity contribution is 0.703. The van der Waals surface area contributed by atoms with E-state index in [9.17, 15) is 4.79 Å². The first-order valence-electron chi connectivity index (χ1n) is 4.12. The van der Waals surface area contributed by atoms with Crippen LogP contribution in [0.2, 0.25) is 0 Å². The molecule has 0 spiro atoms. The van der Waals surface area contributed by atoms with Crippen LogP contribution in [0.25, 0.3) is 0 Å². The smallest absolute Gasteiger partial charge is 0.282 e. The summed E-state index contributed by atoms with van der Waals surface area (Å²) in [5.41, 5.74) is 1.53. The summed E-state index contributed by atoms with van der Waals surface area (Å²) in [5.74, 6) is 0. The Labute approximate surface area is 90.8 Å². The zero-order valence-electron chi connectivity index (χ0n) is 8.17. The molecule has 14 heavy (non-hydrogen) atoms. The average molecular weight is 258 g/mol. The van der Waals surface area contributed by atoms with Gasteiger partial charge in [0, 0.05) is 13.6 Å². The zero-order chi connectivity index (χ0) is 10.7. The molecule has 0 saturated heterocycles. The van der Waals surface area contributed by atoms with E-state index < -0.39 is 0 Å². The van der Waals surface area contributed by atoms with Crippen molar-refractivity contribution >= 4 is 21.6 Å². The van der Waals surface area contributed by atoms with E-state index in [4.69, 9.17) is 0 Å². The van der Waals surface area contributed by atoms with Crippen molar-refractivity contribution in [2.45, 2.75) is 6.92 Å². The third kappa shape index (κ3) is 2.45. The lowest BCUT2D eigenvalue weighted by Crippen LogP contribution is -2.21. The highest BCUT2D eigenvalue weighted by atomic mass is 79.9. The van der Waals surface area contributed by atoms with E-state index in [1.807, 2.05) is 6.92 Å². The van der Waals surface area contributed by atoms with Gasteiger partial charge < -0.3 is 5.32 Å². The fraction of sp³-hybridized carbons (Fsp3) is 0.333. The summed E-state index contributed by atoms with van der Waals surface area (Å²) in [6.45, 7) is 6.30. The molecule has 4 nitrogen and oxygen atoms in total. The molecule has 0 unspecified atom stereocenters. The van der Waals surface area contributed by atoms with Gasteiger partial charge >= 0.3 is 0 Å². The van der Waals surface area contributed by atoms with Crippen LogP contribution >= 0.6 is 15.9 Å². The lowest BCUT2D eigenvalue weighted by atomic mass is 10.3. The molecular weight excluding hydrogens is 246 g/mol. The fourth-order valence-corrected chi connectivity index (χ4v) is 1.38. The Hall–Kier alpha value is -1.10. The third-order valence-electron chi connectivity index (χ3n) is 1.66. The van der Waals surface area contributed by atoms with Gasteiger partial charge in [-0.15, -0.1) is 0 Å². The Morgan fingerprint density at radius 2 is 2.43 bits per heavy atom. The highest BCUT2D eigenvalue weighted by molar-refractivity contribution is 9.10. The Morgan fingerprint density at radius 1 is 1.79 bits per heavy atom. The Kier molecular flexibility index (Phi) is 3.46. The minimum atomic E-state index is -0.156. The monoisotopic (exact) mass is 257 g/mol. The lowest BCUT2D eigenvalue weighted by Gasteiger charge is -2.07. The van der Waals surface area contributed by atoms with Crippen LogP contribution < -0.4 is 10.9 Å². The van der Waals surface area contributed by atoms with Crippen LogP contribution in [0, 0.1) is 0 Å². The van der Waals surface area contributed by atoms with E-state index in [0.717, 1.165) is 5.57 Å². The first-order valence-corrected chi connectivity index (χ1v) is 4.91. The van der Waals surface area contributed by atoms with Gasteiger partial charge in [-0.25, -0.2) is 4.68 Å². The van der Waals surface area contributed by atoms with Crippen LogP contribution in [0.15, 0.2) is 27.6 Å². The van der Waals surface area contributed by atoms with E-state index >= 15 is 0 Å². The van der Waals surface area contributed by atoms with Crippen molar-refractivity contribution in [3.8, 4) is 0 Å². The standard InChI is InChI=1S/C9H12BrN3O/c1-6(2)4-11-7-5-12-13(3)9(14)8(7)10/h5,11H,1,4H2,2-3H3. The fourth-order valence-electron chi connectivity index (χ4n) is 0.880. The predicted octanol–water partition coefficient (Wildman–Crippen LogP) is 1.53. The quantitative estimate of drug-likeness (QED) is 0.836. The minimum absolute atomic E-state index is 0.156. The van der Waals surface area contributed by atoms with Crippen molar-refractivity contribution in [3.05, 3.63) is 33.2 Å². The number of halogens is 1. The van der Waals surface area contributed by atoms with Crippen LogP contribution in [-0.2, 0) is 7.05 Å². The summed E-state index contributed by atoms with van der Waals surface area (Å²) in [6.07, 6.45) is 1.61. The molecule has 1 heterocycles. The average Bonchev–Trinajstić information content (AvgIpc) is 2.13. The third-order valence-corrected chi connectivity index (χ3v) is 2.43. The second kappa shape index (κ2) is 4.41. The molecule has 1 rings (SSSR count). The summed E-state index contributed by atoms with van der Waals surface area (Å²) < 4.78 is 1.77. The molecule has 0 atom stereocenters. The topological polar surface area (TPSA) is 46.9 Å². The second-order valence-electron chi connectivity index (χ2n) is 3.11. The Morgan fingerprint density at radius 3 is 3.00 bits per heavy atom. The van der Waals surface area contributed by atoms with E-state index in [1.54, 1.807) is 13.2 Å². The van der Waals surface area contributed by atoms with Gasteiger partial charge in [0.2, 0.25) is 0 Å². The minimum Gasteiger partial charge on any atom is -0.379 e. The van der Waals surface area contributed by atoms with Gasteiger partial charge in [-0.2, -0.15) is 5.10 Å². The number of rotatable bonds is 3. The predicted molar refractivity (Wildman–Crippen MR) is 60.5 cm³/mol. The normalized spacial score (nSPS) is 9.93. The molecule has 76 valence electrons. The van der Waals surface area contributed by atoms with Gasteiger partial charge in [-0.1, -0.05) is 12.2 Å². The number of anilines is 1. The number of aromatic nitrogens is 2. The van der Waals surface area contributed by atoms with Gasteiger partial charge in [0.05, 0.1) is 11.9 Å². The molecule has 0 saturated carbocycles. The molecule has 0 aliphatic rings. The van der Waals surface area contributed by atoms with Crippen LogP contribution in [0.5, 0.6) is 0 Å². The van der Waals surface area contributed by atoms with Crippen molar-refractivity contribution in [1.82, 2.24) is 9.78 Å². The Bertz CT molecular complexity index is 411. The molecule has 1 aromatic rings. The van der Waals surface area contributed by atoms with Crippen LogP contribution in [0.3, 0.4) is 0 Å². The number of hydrogen-bond acceptors (Lipinski definition) is 3. The summed E-state index contributed by atoms with van der Waals surface area (Å²) in [4.78, 5) is 11.4.